The van der Waals surface area contributed by atoms with E-state index in [4.69, 9.17) is 11.6 Å². The number of carbonyl (C=O) groups excluding carboxylic acids is 1. The zero-order valence-electron chi connectivity index (χ0n) is 14.4. The van der Waals surface area contributed by atoms with Gasteiger partial charge in [-0.25, -0.2) is 12.8 Å². The first-order chi connectivity index (χ1) is 13.2. The Bertz CT molecular complexity index is 1040. The molecule has 0 saturated carbocycles. The maximum absolute atomic E-state index is 13.4. The van der Waals surface area contributed by atoms with Gasteiger partial charge < -0.3 is 4.90 Å². The van der Waals surface area contributed by atoms with E-state index >= 15 is 0 Å². The Morgan fingerprint density at radius 2 is 1.79 bits per heavy atom. The van der Waals surface area contributed by atoms with Gasteiger partial charge in [0.05, 0.1) is 9.82 Å². The summed E-state index contributed by atoms with van der Waals surface area (Å²) in [5, 5.41) is 11.3. The van der Waals surface area contributed by atoms with Crippen LogP contribution >= 0.6 is 11.6 Å². The molecule has 0 aliphatic carbocycles. The minimum absolute atomic E-state index is 0.00796. The second-order valence-corrected chi connectivity index (χ2v) is 8.45. The van der Waals surface area contributed by atoms with E-state index in [1.54, 1.807) is 0 Å². The number of hydrogen-bond acceptors (Lipinski definition) is 5. The van der Waals surface area contributed by atoms with Gasteiger partial charge in [0.2, 0.25) is 10.0 Å². The molecule has 0 spiro atoms. The smallest absolute Gasteiger partial charge is 0.283 e. The molecule has 28 heavy (non-hydrogen) atoms. The van der Waals surface area contributed by atoms with Crippen LogP contribution in [0.3, 0.4) is 0 Å². The fourth-order valence-electron chi connectivity index (χ4n) is 2.92. The van der Waals surface area contributed by atoms with Crippen molar-refractivity contribution in [3.63, 3.8) is 0 Å². The largest absolute Gasteiger partial charge is 0.336 e. The van der Waals surface area contributed by atoms with Gasteiger partial charge in [0.15, 0.2) is 0 Å². The minimum Gasteiger partial charge on any atom is -0.336 e. The molecule has 2 aromatic rings. The average molecular weight is 428 g/mol. The molecule has 0 N–H and O–H groups in total. The third kappa shape index (κ3) is 3.98. The van der Waals surface area contributed by atoms with Crippen LogP contribution in [0.1, 0.15) is 10.4 Å². The van der Waals surface area contributed by atoms with Crippen molar-refractivity contribution in [3.8, 4) is 0 Å². The Hall–Kier alpha value is -2.56. The van der Waals surface area contributed by atoms with Crippen molar-refractivity contribution in [2.75, 3.05) is 26.2 Å². The molecule has 0 atom stereocenters. The fourth-order valence-corrected chi connectivity index (χ4v) is 4.54. The van der Waals surface area contributed by atoms with E-state index in [2.05, 4.69) is 0 Å². The average Bonchev–Trinajstić information content (AvgIpc) is 2.67. The van der Waals surface area contributed by atoms with E-state index in [-0.39, 0.29) is 41.7 Å². The summed E-state index contributed by atoms with van der Waals surface area (Å²) in [6.45, 7) is 0.0816. The molecular formula is C17H15ClFN3O5S. The molecule has 2 aromatic carbocycles. The van der Waals surface area contributed by atoms with Crippen LogP contribution < -0.4 is 0 Å². The summed E-state index contributed by atoms with van der Waals surface area (Å²) in [5.41, 5.74) is -0.525. The number of rotatable bonds is 4. The topological polar surface area (TPSA) is 101 Å². The van der Waals surface area contributed by atoms with Crippen LogP contribution in [0.25, 0.3) is 0 Å². The van der Waals surface area contributed by atoms with Crippen molar-refractivity contribution < 1.29 is 22.5 Å². The summed E-state index contributed by atoms with van der Waals surface area (Å²) < 4.78 is 39.7. The Balaban J connectivity index is 1.76. The second-order valence-electron chi connectivity index (χ2n) is 6.07. The summed E-state index contributed by atoms with van der Waals surface area (Å²) in [5.74, 6) is -1.24. The number of benzene rings is 2. The van der Waals surface area contributed by atoms with Crippen LogP contribution in [-0.2, 0) is 10.0 Å². The molecule has 0 aromatic heterocycles. The van der Waals surface area contributed by atoms with Crippen LogP contribution in [0.5, 0.6) is 0 Å². The van der Waals surface area contributed by atoms with Crippen LogP contribution in [0.15, 0.2) is 47.4 Å². The standard InChI is InChI=1S/C17H15ClFN3O5S/c18-12-4-5-15(16(10-12)22(24)25)17(23)20-6-8-21(9-7-20)28(26,27)14-3-1-2-13(19)11-14/h1-5,10-11H,6-9H2. The maximum Gasteiger partial charge on any atom is 0.283 e. The van der Waals surface area contributed by atoms with E-state index in [0.29, 0.717) is 0 Å². The quantitative estimate of drug-likeness (QED) is 0.551. The highest BCUT2D eigenvalue weighted by molar-refractivity contribution is 7.89. The summed E-state index contributed by atoms with van der Waals surface area (Å²) in [6.07, 6.45) is 0. The number of nitro benzene ring substituents is 1. The number of piperazine rings is 1. The van der Waals surface area contributed by atoms with Gasteiger partial charge in [0.25, 0.3) is 11.6 Å². The molecule has 1 fully saturated rings. The lowest BCUT2D eigenvalue weighted by Gasteiger charge is -2.34. The minimum atomic E-state index is -3.90. The molecule has 1 aliphatic heterocycles. The normalized spacial score (nSPS) is 15.4. The molecule has 148 valence electrons. The van der Waals surface area contributed by atoms with Crippen LogP contribution in [0.4, 0.5) is 10.1 Å². The molecule has 1 saturated heterocycles. The molecule has 1 aliphatic rings. The van der Waals surface area contributed by atoms with Gasteiger partial charge in [-0.3, -0.25) is 14.9 Å². The lowest BCUT2D eigenvalue weighted by Crippen LogP contribution is -2.50. The van der Waals surface area contributed by atoms with Crippen LogP contribution in [0.2, 0.25) is 5.02 Å². The summed E-state index contributed by atoms with van der Waals surface area (Å²) >= 11 is 5.76. The molecule has 8 nitrogen and oxygen atoms in total. The predicted molar refractivity (Wildman–Crippen MR) is 99.2 cm³/mol. The first-order valence-corrected chi connectivity index (χ1v) is 10.0. The lowest BCUT2D eigenvalue weighted by molar-refractivity contribution is -0.385. The Labute approximate surface area is 165 Å². The van der Waals surface area contributed by atoms with Gasteiger partial charge in [-0.15, -0.1) is 0 Å². The third-order valence-corrected chi connectivity index (χ3v) is 6.48. The van der Waals surface area contributed by atoms with Gasteiger partial charge in [-0.1, -0.05) is 17.7 Å². The van der Waals surface area contributed by atoms with Gasteiger partial charge >= 0.3 is 0 Å². The fraction of sp³-hybridized carbons (Fsp3) is 0.235. The number of halogens is 2. The maximum atomic E-state index is 13.4. The highest BCUT2D eigenvalue weighted by Crippen LogP contribution is 2.25. The van der Waals surface area contributed by atoms with Gasteiger partial charge in [-0.2, -0.15) is 4.31 Å². The van der Waals surface area contributed by atoms with Gasteiger partial charge in [0.1, 0.15) is 11.4 Å². The molecule has 1 heterocycles. The molecule has 0 bridgehead atoms. The van der Waals surface area contributed by atoms with Crippen LogP contribution in [-0.4, -0.2) is 54.6 Å². The van der Waals surface area contributed by atoms with Crippen LogP contribution in [0, 0.1) is 15.9 Å². The highest BCUT2D eigenvalue weighted by Gasteiger charge is 2.32. The first kappa shape index (κ1) is 20.2. The van der Waals surface area contributed by atoms with Crippen molar-refractivity contribution in [2.24, 2.45) is 0 Å². The number of hydrogen-bond donors (Lipinski definition) is 0. The zero-order valence-corrected chi connectivity index (χ0v) is 16.0. The van der Waals surface area contributed by atoms with Crippen molar-refractivity contribution in [3.05, 3.63) is 69.0 Å². The van der Waals surface area contributed by atoms with Crippen molar-refractivity contribution in [2.45, 2.75) is 4.90 Å². The SMILES string of the molecule is O=C(c1ccc(Cl)cc1[N+](=O)[O-])N1CCN(S(=O)(=O)c2cccc(F)c2)CC1. The summed E-state index contributed by atoms with van der Waals surface area (Å²) in [4.78, 5) is 24.3. The van der Waals surface area contributed by atoms with Crippen molar-refractivity contribution in [1.29, 1.82) is 0 Å². The summed E-state index contributed by atoms with van der Waals surface area (Å²) in [7, 11) is -3.90. The van der Waals surface area contributed by atoms with E-state index < -0.39 is 32.4 Å². The number of nitrogens with zero attached hydrogens (tertiary/aromatic N) is 3. The highest BCUT2D eigenvalue weighted by atomic mass is 35.5. The Morgan fingerprint density at radius 1 is 1.11 bits per heavy atom. The van der Waals surface area contributed by atoms with Gasteiger partial charge in [0, 0.05) is 37.3 Å². The van der Waals surface area contributed by atoms with Crippen molar-refractivity contribution >= 4 is 33.2 Å². The molecule has 11 heteroatoms. The van der Waals surface area contributed by atoms with E-state index in [9.17, 15) is 27.7 Å². The molecule has 3 rings (SSSR count). The number of nitro groups is 1. The molecular weight excluding hydrogens is 413 g/mol. The number of carbonyl (C=O) groups is 1. The van der Waals surface area contributed by atoms with Crippen molar-refractivity contribution in [1.82, 2.24) is 9.21 Å². The summed E-state index contributed by atoms with van der Waals surface area (Å²) in [6, 6.07) is 8.44. The molecule has 1 amide bonds. The third-order valence-electron chi connectivity index (χ3n) is 4.35. The molecule has 0 radical (unpaired) electrons. The Kier molecular flexibility index (Phi) is 5.64. The zero-order chi connectivity index (χ0) is 20.5. The number of amides is 1. The van der Waals surface area contributed by atoms with Gasteiger partial charge in [-0.05, 0) is 30.3 Å². The number of sulfonamides is 1. The lowest BCUT2D eigenvalue weighted by atomic mass is 10.1. The first-order valence-electron chi connectivity index (χ1n) is 8.19. The molecule has 0 unspecified atom stereocenters. The Morgan fingerprint density at radius 3 is 2.39 bits per heavy atom. The monoisotopic (exact) mass is 427 g/mol. The predicted octanol–water partition coefficient (Wildman–Crippen LogP) is 2.53. The second kappa shape index (κ2) is 7.82. The van der Waals surface area contributed by atoms with E-state index in [0.717, 1.165) is 22.5 Å². The van der Waals surface area contributed by atoms with E-state index in [1.807, 2.05) is 0 Å². The van der Waals surface area contributed by atoms with E-state index in [1.165, 1.54) is 29.2 Å².